The molecule has 2 aromatic rings. The Morgan fingerprint density at radius 3 is 2.84 bits per heavy atom. The third-order valence-corrected chi connectivity index (χ3v) is 3.94. The Morgan fingerprint density at radius 2 is 2.11 bits per heavy atom. The fourth-order valence-corrected chi connectivity index (χ4v) is 2.68. The van der Waals surface area contributed by atoms with E-state index in [0.29, 0.717) is 5.92 Å². The van der Waals surface area contributed by atoms with Gasteiger partial charge in [0.05, 0.1) is 5.69 Å². The molecule has 1 aromatic carbocycles. The fraction of sp³-hybridized carbons (Fsp3) is 0.400. The maximum Gasteiger partial charge on any atom is 0.199 e. The zero-order chi connectivity index (χ0) is 13.2. The predicted octanol–water partition coefficient (Wildman–Crippen LogP) is 2.98. The van der Waals surface area contributed by atoms with Crippen LogP contribution in [0.4, 0.5) is 0 Å². The zero-order valence-corrected chi connectivity index (χ0v) is 11.5. The molecular weight excluding hydrogens is 260 g/mol. The summed E-state index contributed by atoms with van der Waals surface area (Å²) in [6.07, 6.45) is 3.76. The van der Waals surface area contributed by atoms with Gasteiger partial charge in [-0.15, -0.1) is 0 Å². The van der Waals surface area contributed by atoms with Crippen LogP contribution >= 0.6 is 11.6 Å². The minimum absolute atomic E-state index is 0.545. The summed E-state index contributed by atoms with van der Waals surface area (Å²) in [5.41, 5.74) is 8.01. The average Bonchev–Trinajstić information content (AvgIpc) is 2.82. The fourth-order valence-electron chi connectivity index (χ4n) is 2.55. The van der Waals surface area contributed by atoms with E-state index in [0.717, 1.165) is 54.6 Å². The molecule has 0 saturated carbocycles. The lowest BCUT2D eigenvalue weighted by atomic mass is 9.91. The van der Waals surface area contributed by atoms with Crippen molar-refractivity contribution in [1.82, 2.24) is 4.98 Å². The molecule has 0 fully saturated rings. The number of hydrogen-bond donors (Lipinski definition) is 1. The molecule has 1 heterocycles. The second kappa shape index (κ2) is 5.35. The van der Waals surface area contributed by atoms with Gasteiger partial charge in [0.15, 0.2) is 5.89 Å². The number of aryl methyl sites for hydroxylation is 1. The molecular formula is C15H17ClN2O. The number of hydrogen-bond acceptors (Lipinski definition) is 3. The van der Waals surface area contributed by atoms with Gasteiger partial charge < -0.3 is 10.2 Å². The van der Waals surface area contributed by atoms with Gasteiger partial charge in [-0.3, -0.25) is 0 Å². The molecule has 0 spiro atoms. The Labute approximate surface area is 117 Å². The van der Waals surface area contributed by atoms with Crippen LogP contribution in [0.5, 0.6) is 0 Å². The van der Waals surface area contributed by atoms with E-state index in [1.807, 2.05) is 24.3 Å². The first-order valence-electron chi connectivity index (χ1n) is 6.66. The Hall–Kier alpha value is -1.32. The van der Waals surface area contributed by atoms with Gasteiger partial charge in [0, 0.05) is 17.9 Å². The summed E-state index contributed by atoms with van der Waals surface area (Å²) in [6.45, 7) is 0.729. The molecule has 1 aliphatic carbocycles. The van der Waals surface area contributed by atoms with E-state index < -0.39 is 0 Å². The Balaban J connectivity index is 1.76. The molecule has 2 N–H and O–H groups in total. The molecule has 0 amide bonds. The van der Waals surface area contributed by atoms with E-state index in [1.54, 1.807) is 0 Å². The van der Waals surface area contributed by atoms with E-state index in [4.69, 9.17) is 21.8 Å². The van der Waals surface area contributed by atoms with Crippen LogP contribution in [0.3, 0.4) is 0 Å². The normalized spacial score (nSPS) is 18.3. The maximum absolute atomic E-state index is 5.88. The summed E-state index contributed by atoms with van der Waals surface area (Å²) < 4.78 is 5.87. The highest BCUT2D eigenvalue weighted by atomic mass is 35.5. The molecule has 0 saturated heterocycles. The number of oxazole rings is 1. The van der Waals surface area contributed by atoms with E-state index in [1.165, 1.54) is 5.56 Å². The smallest absolute Gasteiger partial charge is 0.199 e. The van der Waals surface area contributed by atoms with Gasteiger partial charge in [0.1, 0.15) is 5.76 Å². The van der Waals surface area contributed by atoms with Crippen molar-refractivity contribution in [3.8, 4) is 0 Å². The maximum atomic E-state index is 5.88. The van der Waals surface area contributed by atoms with E-state index in [-0.39, 0.29) is 0 Å². The summed E-state index contributed by atoms with van der Waals surface area (Å²) in [7, 11) is 0. The average molecular weight is 277 g/mol. The number of rotatable bonds is 3. The van der Waals surface area contributed by atoms with Crippen LogP contribution in [-0.2, 0) is 19.3 Å². The third-order valence-electron chi connectivity index (χ3n) is 3.69. The van der Waals surface area contributed by atoms with E-state index >= 15 is 0 Å². The van der Waals surface area contributed by atoms with Crippen LogP contribution in [0, 0.1) is 5.92 Å². The molecule has 0 bridgehead atoms. The highest BCUT2D eigenvalue weighted by molar-refractivity contribution is 6.30. The quantitative estimate of drug-likeness (QED) is 0.938. The first-order valence-corrected chi connectivity index (χ1v) is 7.04. The Kier molecular flexibility index (Phi) is 3.58. The summed E-state index contributed by atoms with van der Waals surface area (Å²) in [4.78, 5) is 4.60. The summed E-state index contributed by atoms with van der Waals surface area (Å²) in [6, 6.07) is 7.80. The van der Waals surface area contributed by atoms with Crippen molar-refractivity contribution in [3.05, 3.63) is 52.2 Å². The highest BCUT2D eigenvalue weighted by Gasteiger charge is 2.23. The second-order valence-electron chi connectivity index (χ2n) is 5.13. The van der Waals surface area contributed by atoms with Crippen LogP contribution in [0.1, 0.15) is 29.3 Å². The van der Waals surface area contributed by atoms with Crippen LogP contribution < -0.4 is 5.73 Å². The molecule has 0 radical (unpaired) electrons. The minimum atomic E-state index is 0.545. The molecule has 4 heteroatoms. The first kappa shape index (κ1) is 12.7. The van der Waals surface area contributed by atoms with Gasteiger partial charge in [0.25, 0.3) is 0 Å². The monoisotopic (exact) mass is 276 g/mol. The SMILES string of the molecule is NCC1CCc2nc(Cc3ccc(Cl)cc3)oc2C1. The van der Waals surface area contributed by atoms with Gasteiger partial charge in [-0.2, -0.15) is 0 Å². The molecule has 3 nitrogen and oxygen atoms in total. The van der Waals surface area contributed by atoms with E-state index in [2.05, 4.69) is 4.98 Å². The number of nitrogens with zero attached hydrogens (tertiary/aromatic N) is 1. The third kappa shape index (κ3) is 2.82. The summed E-state index contributed by atoms with van der Waals surface area (Å²) >= 11 is 5.88. The molecule has 1 atom stereocenters. The zero-order valence-electron chi connectivity index (χ0n) is 10.7. The Bertz CT molecular complexity index is 562. The number of aromatic nitrogens is 1. The van der Waals surface area contributed by atoms with Crippen LogP contribution in [0.15, 0.2) is 28.7 Å². The van der Waals surface area contributed by atoms with Gasteiger partial charge >= 0.3 is 0 Å². The van der Waals surface area contributed by atoms with Crippen LogP contribution in [-0.4, -0.2) is 11.5 Å². The Morgan fingerprint density at radius 1 is 1.32 bits per heavy atom. The second-order valence-corrected chi connectivity index (χ2v) is 5.56. The highest BCUT2D eigenvalue weighted by Crippen LogP contribution is 2.26. The molecule has 0 aliphatic heterocycles. The van der Waals surface area contributed by atoms with Crippen molar-refractivity contribution in [3.63, 3.8) is 0 Å². The van der Waals surface area contributed by atoms with Crippen molar-refractivity contribution in [2.75, 3.05) is 6.54 Å². The lowest BCUT2D eigenvalue weighted by Crippen LogP contribution is -2.21. The van der Waals surface area contributed by atoms with Gasteiger partial charge in [-0.1, -0.05) is 23.7 Å². The molecule has 19 heavy (non-hydrogen) atoms. The standard InChI is InChI=1S/C15H17ClN2O/c16-12-4-1-10(2-5-12)8-15-18-13-6-3-11(9-17)7-14(13)19-15/h1-2,4-5,11H,3,6-9,17H2. The van der Waals surface area contributed by atoms with Crippen molar-refractivity contribution >= 4 is 11.6 Å². The molecule has 100 valence electrons. The van der Waals surface area contributed by atoms with Crippen LogP contribution in [0.2, 0.25) is 5.02 Å². The number of halogens is 1. The van der Waals surface area contributed by atoms with Crippen molar-refractivity contribution in [1.29, 1.82) is 0 Å². The molecule has 3 rings (SSSR count). The van der Waals surface area contributed by atoms with Gasteiger partial charge in [-0.25, -0.2) is 4.98 Å². The molecule has 1 aromatic heterocycles. The summed E-state index contributed by atoms with van der Waals surface area (Å²) in [5.74, 6) is 2.37. The number of nitrogens with two attached hydrogens (primary N) is 1. The van der Waals surface area contributed by atoms with Crippen LogP contribution in [0.25, 0.3) is 0 Å². The van der Waals surface area contributed by atoms with E-state index in [9.17, 15) is 0 Å². The number of fused-ring (bicyclic) bond motifs is 1. The van der Waals surface area contributed by atoms with Crippen molar-refractivity contribution in [2.45, 2.75) is 25.7 Å². The minimum Gasteiger partial charge on any atom is -0.445 e. The van der Waals surface area contributed by atoms with Crippen molar-refractivity contribution < 1.29 is 4.42 Å². The van der Waals surface area contributed by atoms with Crippen molar-refractivity contribution in [2.24, 2.45) is 11.7 Å². The number of benzene rings is 1. The van der Waals surface area contributed by atoms with Gasteiger partial charge in [-0.05, 0) is 43.0 Å². The van der Waals surface area contributed by atoms with Gasteiger partial charge in [0.2, 0.25) is 0 Å². The summed E-state index contributed by atoms with van der Waals surface area (Å²) in [5, 5.41) is 0.751. The first-order chi connectivity index (χ1) is 9.24. The topological polar surface area (TPSA) is 52.0 Å². The lowest BCUT2D eigenvalue weighted by molar-refractivity contribution is 0.386. The predicted molar refractivity (Wildman–Crippen MR) is 75.3 cm³/mol. The largest absolute Gasteiger partial charge is 0.445 e. The molecule has 1 unspecified atom stereocenters. The lowest BCUT2D eigenvalue weighted by Gasteiger charge is -2.17. The molecule has 1 aliphatic rings.